The third-order valence-corrected chi connectivity index (χ3v) is 4.28. The normalized spacial score (nSPS) is 11.9. The van der Waals surface area contributed by atoms with Gasteiger partial charge in [0.25, 0.3) is 0 Å². The molecular formula is C15H20N2O2. The lowest BCUT2D eigenvalue weighted by atomic mass is 9.89. The van der Waals surface area contributed by atoms with Gasteiger partial charge in [0.2, 0.25) is 0 Å². The zero-order chi connectivity index (χ0) is 14.0. The van der Waals surface area contributed by atoms with E-state index in [-0.39, 0.29) is 5.54 Å². The molecule has 0 atom stereocenters. The lowest BCUT2D eigenvalue weighted by molar-refractivity contribution is 0.0698. The van der Waals surface area contributed by atoms with Crippen LogP contribution in [0.5, 0.6) is 0 Å². The lowest BCUT2D eigenvalue weighted by Gasteiger charge is -2.33. The molecule has 0 aliphatic carbocycles. The summed E-state index contributed by atoms with van der Waals surface area (Å²) in [4.78, 5) is 15.8. The van der Waals surface area contributed by atoms with Crippen molar-refractivity contribution < 1.29 is 9.90 Å². The average molecular weight is 260 g/mol. The van der Waals surface area contributed by atoms with E-state index in [4.69, 9.17) is 0 Å². The van der Waals surface area contributed by atoms with Crippen LogP contribution in [0.2, 0.25) is 0 Å². The van der Waals surface area contributed by atoms with E-state index < -0.39 is 5.97 Å². The van der Waals surface area contributed by atoms with E-state index in [9.17, 15) is 9.90 Å². The topological polar surface area (TPSA) is 55.1 Å². The van der Waals surface area contributed by atoms with Gasteiger partial charge in [0, 0.05) is 5.54 Å². The summed E-state index contributed by atoms with van der Waals surface area (Å²) < 4.78 is 2.06. The van der Waals surface area contributed by atoms with Gasteiger partial charge < -0.3 is 9.67 Å². The highest BCUT2D eigenvalue weighted by atomic mass is 16.4. The molecule has 0 radical (unpaired) electrons. The maximum atomic E-state index is 11.4. The molecule has 0 bridgehead atoms. The Balaban J connectivity index is 2.77. The van der Waals surface area contributed by atoms with Gasteiger partial charge in [-0.15, -0.1) is 0 Å². The minimum atomic E-state index is -0.899. The summed E-state index contributed by atoms with van der Waals surface area (Å²) in [6, 6.07) is 5.26. The number of hydrogen-bond acceptors (Lipinski definition) is 2. The van der Waals surface area contributed by atoms with Crippen molar-refractivity contribution >= 4 is 17.0 Å². The number of aromatic nitrogens is 2. The number of imidazole rings is 1. The fraction of sp³-hybridized carbons (Fsp3) is 0.467. The third kappa shape index (κ3) is 2.01. The molecule has 1 aromatic heterocycles. The van der Waals surface area contributed by atoms with E-state index in [0.717, 1.165) is 30.3 Å². The summed E-state index contributed by atoms with van der Waals surface area (Å²) in [5.41, 5.74) is 1.76. The monoisotopic (exact) mass is 260 g/mol. The Morgan fingerprint density at radius 2 is 1.89 bits per heavy atom. The van der Waals surface area contributed by atoms with Crippen molar-refractivity contribution in [3.8, 4) is 0 Å². The van der Waals surface area contributed by atoms with Gasteiger partial charge in [0.05, 0.1) is 22.9 Å². The van der Waals surface area contributed by atoms with Crippen LogP contribution < -0.4 is 0 Å². The number of aromatic carboxylic acids is 1. The van der Waals surface area contributed by atoms with Crippen LogP contribution in [0.1, 0.15) is 50.4 Å². The Morgan fingerprint density at radius 3 is 2.42 bits per heavy atom. The van der Waals surface area contributed by atoms with E-state index in [1.54, 1.807) is 18.5 Å². The number of hydrogen-bond donors (Lipinski definition) is 1. The summed E-state index contributed by atoms with van der Waals surface area (Å²) in [7, 11) is 0. The summed E-state index contributed by atoms with van der Waals surface area (Å²) in [5.74, 6) is -0.899. The van der Waals surface area contributed by atoms with Crippen molar-refractivity contribution in [1.82, 2.24) is 9.55 Å². The van der Waals surface area contributed by atoms with Crippen LogP contribution in [0.4, 0.5) is 0 Å². The van der Waals surface area contributed by atoms with E-state index >= 15 is 0 Å². The Kier molecular flexibility index (Phi) is 3.60. The molecular weight excluding hydrogens is 240 g/mol. The fourth-order valence-corrected chi connectivity index (χ4v) is 2.86. The van der Waals surface area contributed by atoms with Crippen molar-refractivity contribution in [3.05, 3.63) is 30.1 Å². The molecule has 19 heavy (non-hydrogen) atoms. The summed E-state index contributed by atoms with van der Waals surface area (Å²) in [6.45, 7) is 6.42. The van der Waals surface area contributed by atoms with E-state index in [2.05, 4.69) is 30.3 Å². The first-order chi connectivity index (χ1) is 9.09. The van der Waals surface area contributed by atoms with Crippen molar-refractivity contribution in [2.45, 2.75) is 45.6 Å². The van der Waals surface area contributed by atoms with Crippen LogP contribution in [-0.4, -0.2) is 20.6 Å². The molecule has 0 unspecified atom stereocenters. The van der Waals surface area contributed by atoms with E-state index in [1.807, 2.05) is 6.07 Å². The highest BCUT2D eigenvalue weighted by Gasteiger charge is 2.29. The molecule has 2 aromatic rings. The van der Waals surface area contributed by atoms with Crippen LogP contribution in [0.3, 0.4) is 0 Å². The highest BCUT2D eigenvalue weighted by Crippen LogP contribution is 2.33. The fourth-order valence-electron chi connectivity index (χ4n) is 2.86. The molecule has 0 amide bonds. The number of para-hydroxylation sites is 1. The van der Waals surface area contributed by atoms with Gasteiger partial charge in [-0.05, 0) is 31.4 Å². The molecule has 1 heterocycles. The number of carbonyl (C=O) groups is 1. The SMILES string of the molecule is CCC(CC)(CC)n1cnc2cccc(C(=O)O)c21. The van der Waals surface area contributed by atoms with Crippen molar-refractivity contribution in [2.24, 2.45) is 0 Å². The Labute approximate surface area is 113 Å². The quantitative estimate of drug-likeness (QED) is 0.892. The lowest BCUT2D eigenvalue weighted by Crippen LogP contribution is -2.31. The standard InChI is InChI=1S/C15H20N2O2/c1-4-15(5-2,6-3)17-10-16-12-9-7-8-11(13(12)17)14(18)19/h7-10H,4-6H2,1-3H3,(H,18,19). The van der Waals surface area contributed by atoms with E-state index in [0.29, 0.717) is 5.56 Å². The number of benzene rings is 1. The summed E-state index contributed by atoms with van der Waals surface area (Å²) in [5, 5.41) is 9.37. The number of carboxylic acid groups (broad SMARTS) is 1. The number of nitrogens with zero attached hydrogens (tertiary/aromatic N) is 2. The molecule has 4 heteroatoms. The molecule has 0 aliphatic heterocycles. The predicted molar refractivity (Wildman–Crippen MR) is 75.5 cm³/mol. The molecule has 0 saturated carbocycles. The molecule has 0 saturated heterocycles. The first-order valence-electron chi connectivity index (χ1n) is 6.79. The second kappa shape index (κ2) is 5.03. The van der Waals surface area contributed by atoms with E-state index in [1.165, 1.54) is 0 Å². The number of rotatable bonds is 5. The van der Waals surface area contributed by atoms with Crippen LogP contribution in [0.15, 0.2) is 24.5 Å². The first kappa shape index (κ1) is 13.6. The smallest absolute Gasteiger partial charge is 0.337 e. The summed E-state index contributed by atoms with van der Waals surface area (Å²) >= 11 is 0. The molecule has 102 valence electrons. The van der Waals surface area contributed by atoms with Gasteiger partial charge in [0.1, 0.15) is 0 Å². The Morgan fingerprint density at radius 1 is 1.26 bits per heavy atom. The van der Waals surface area contributed by atoms with Crippen LogP contribution in [0, 0.1) is 0 Å². The second-order valence-corrected chi connectivity index (χ2v) is 4.88. The molecule has 1 aromatic carbocycles. The second-order valence-electron chi connectivity index (χ2n) is 4.88. The van der Waals surface area contributed by atoms with Crippen molar-refractivity contribution in [3.63, 3.8) is 0 Å². The van der Waals surface area contributed by atoms with Gasteiger partial charge >= 0.3 is 5.97 Å². The number of carboxylic acids is 1. The Hall–Kier alpha value is -1.84. The molecule has 0 fully saturated rings. The third-order valence-electron chi connectivity index (χ3n) is 4.28. The van der Waals surface area contributed by atoms with Gasteiger partial charge in [0.15, 0.2) is 0 Å². The molecule has 0 aliphatic rings. The number of fused-ring (bicyclic) bond motifs is 1. The highest BCUT2D eigenvalue weighted by molar-refractivity contribution is 6.01. The largest absolute Gasteiger partial charge is 0.478 e. The summed E-state index contributed by atoms with van der Waals surface area (Å²) in [6.07, 6.45) is 4.66. The Bertz CT molecular complexity index is 589. The maximum absolute atomic E-state index is 11.4. The maximum Gasteiger partial charge on any atom is 0.337 e. The molecule has 0 spiro atoms. The van der Waals surface area contributed by atoms with Crippen molar-refractivity contribution in [2.75, 3.05) is 0 Å². The minimum Gasteiger partial charge on any atom is -0.478 e. The van der Waals surface area contributed by atoms with Crippen molar-refractivity contribution in [1.29, 1.82) is 0 Å². The molecule has 1 N–H and O–H groups in total. The predicted octanol–water partition coefficient (Wildman–Crippen LogP) is 3.66. The minimum absolute atomic E-state index is 0.0553. The first-order valence-corrected chi connectivity index (χ1v) is 6.79. The molecule has 2 rings (SSSR count). The zero-order valence-corrected chi connectivity index (χ0v) is 11.7. The van der Waals surface area contributed by atoms with Gasteiger partial charge in [-0.2, -0.15) is 0 Å². The van der Waals surface area contributed by atoms with Crippen LogP contribution in [0.25, 0.3) is 11.0 Å². The average Bonchev–Trinajstić information content (AvgIpc) is 2.86. The van der Waals surface area contributed by atoms with Gasteiger partial charge in [-0.3, -0.25) is 0 Å². The van der Waals surface area contributed by atoms with Gasteiger partial charge in [-0.25, -0.2) is 9.78 Å². The zero-order valence-electron chi connectivity index (χ0n) is 11.7. The molecule has 4 nitrogen and oxygen atoms in total. The van der Waals surface area contributed by atoms with Crippen LogP contribution in [-0.2, 0) is 5.54 Å². The van der Waals surface area contributed by atoms with Gasteiger partial charge in [-0.1, -0.05) is 26.8 Å². The van der Waals surface area contributed by atoms with Crippen LogP contribution >= 0.6 is 0 Å².